The van der Waals surface area contributed by atoms with Crippen molar-refractivity contribution in [2.75, 3.05) is 6.54 Å². The van der Waals surface area contributed by atoms with E-state index in [0.29, 0.717) is 6.04 Å². The van der Waals surface area contributed by atoms with E-state index >= 15 is 0 Å². The van der Waals surface area contributed by atoms with Gasteiger partial charge in [0.25, 0.3) is 0 Å². The summed E-state index contributed by atoms with van der Waals surface area (Å²) in [5.41, 5.74) is 4.08. The molecule has 4 nitrogen and oxygen atoms in total. The molecule has 0 atom stereocenters. The van der Waals surface area contributed by atoms with E-state index in [0.717, 1.165) is 19.4 Å². The fourth-order valence-electron chi connectivity index (χ4n) is 2.51. The fraction of sp³-hybridized carbons (Fsp3) is 0.857. The van der Waals surface area contributed by atoms with Crippen LogP contribution in [0.3, 0.4) is 0 Å². The van der Waals surface area contributed by atoms with Crippen LogP contribution in [0.2, 0.25) is 0 Å². The van der Waals surface area contributed by atoms with Crippen LogP contribution in [0.15, 0.2) is 11.7 Å². The van der Waals surface area contributed by atoms with Gasteiger partial charge >= 0.3 is 7.12 Å². The van der Waals surface area contributed by atoms with Gasteiger partial charge in [0, 0.05) is 18.8 Å². The molecule has 0 radical (unpaired) electrons. The first-order valence-corrected chi connectivity index (χ1v) is 7.38. The van der Waals surface area contributed by atoms with Gasteiger partial charge in [0.2, 0.25) is 0 Å². The maximum absolute atomic E-state index is 6.09. The Morgan fingerprint density at radius 3 is 2.21 bits per heavy atom. The highest BCUT2D eigenvalue weighted by Crippen LogP contribution is 2.39. The molecule has 2 aliphatic heterocycles. The first kappa shape index (κ1) is 14.9. The largest absolute Gasteiger partial charge is 0.493 e. The normalized spacial score (nSPS) is 25.3. The van der Waals surface area contributed by atoms with E-state index in [-0.39, 0.29) is 18.3 Å². The highest BCUT2D eigenvalue weighted by atomic mass is 16.7. The van der Waals surface area contributed by atoms with Gasteiger partial charge in [-0.2, -0.15) is 0 Å². The van der Waals surface area contributed by atoms with E-state index < -0.39 is 0 Å². The maximum Gasteiger partial charge on any atom is 0.493 e. The molecule has 0 saturated carbocycles. The summed E-state index contributed by atoms with van der Waals surface area (Å²) in [6, 6.07) is 0.542. The van der Waals surface area contributed by atoms with Crippen molar-refractivity contribution in [3.8, 4) is 0 Å². The standard InChI is InChI=1S/C14H27BN2O2/c1-7-12(8-2)17-10-11(9-16-17)15-18-13(3,4)14(5,6)19-15/h10,12,16H,7-9H2,1-6H3. The van der Waals surface area contributed by atoms with Crippen LogP contribution in [-0.4, -0.2) is 35.9 Å². The lowest BCUT2D eigenvalue weighted by Gasteiger charge is -2.32. The van der Waals surface area contributed by atoms with E-state index in [2.05, 4.69) is 58.2 Å². The second-order valence-corrected chi connectivity index (χ2v) is 6.50. The quantitative estimate of drug-likeness (QED) is 0.793. The predicted molar refractivity (Wildman–Crippen MR) is 78.4 cm³/mol. The van der Waals surface area contributed by atoms with Crippen LogP contribution in [0.4, 0.5) is 0 Å². The Hall–Kier alpha value is -0.515. The lowest BCUT2D eigenvalue weighted by atomic mass is 9.79. The first-order chi connectivity index (χ1) is 8.80. The van der Waals surface area contributed by atoms with Crippen molar-refractivity contribution >= 4 is 7.12 Å². The molecule has 0 amide bonds. The number of nitrogens with one attached hydrogen (secondary N) is 1. The van der Waals surface area contributed by atoms with Crippen LogP contribution in [0, 0.1) is 0 Å². The Morgan fingerprint density at radius 2 is 1.74 bits per heavy atom. The lowest BCUT2D eigenvalue weighted by molar-refractivity contribution is 0.00578. The lowest BCUT2D eigenvalue weighted by Crippen LogP contribution is -2.41. The van der Waals surface area contributed by atoms with Crippen LogP contribution in [0.25, 0.3) is 0 Å². The Morgan fingerprint density at radius 1 is 1.21 bits per heavy atom. The molecule has 108 valence electrons. The summed E-state index contributed by atoms with van der Waals surface area (Å²) in [6.07, 6.45) is 4.44. The highest BCUT2D eigenvalue weighted by Gasteiger charge is 2.52. The molecule has 0 spiro atoms. The molecule has 0 aromatic rings. The van der Waals surface area contributed by atoms with E-state index in [1.807, 2.05) is 0 Å². The average Bonchev–Trinajstić information content (AvgIpc) is 2.85. The molecular formula is C14H27BN2O2. The number of nitrogens with zero attached hydrogens (tertiary/aromatic N) is 1. The van der Waals surface area contributed by atoms with Crippen molar-refractivity contribution in [2.24, 2.45) is 0 Å². The van der Waals surface area contributed by atoms with Crippen molar-refractivity contribution in [1.29, 1.82) is 0 Å². The molecule has 0 aliphatic carbocycles. The second-order valence-electron chi connectivity index (χ2n) is 6.50. The third-order valence-electron chi connectivity index (χ3n) is 4.66. The van der Waals surface area contributed by atoms with Crippen LogP contribution in [-0.2, 0) is 9.31 Å². The molecule has 2 rings (SSSR count). The number of hydrogen-bond donors (Lipinski definition) is 1. The van der Waals surface area contributed by atoms with Gasteiger partial charge in [-0.05, 0) is 46.0 Å². The summed E-state index contributed by atoms with van der Waals surface area (Å²) in [7, 11) is -0.225. The van der Waals surface area contributed by atoms with Gasteiger partial charge in [-0.3, -0.25) is 0 Å². The first-order valence-electron chi connectivity index (χ1n) is 7.38. The van der Waals surface area contributed by atoms with Gasteiger partial charge < -0.3 is 14.3 Å². The monoisotopic (exact) mass is 266 g/mol. The highest BCUT2D eigenvalue weighted by molar-refractivity contribution is 6.54. The molecule has 1 saturated heterocycles. The molecule has 19 heavy (non-hydrogen) atoms. The molecule has 0 aromatic heterocycles. The third-order valence-corrected chi connectivity index (χ3v) is 4.66. The number of hydrazine groups is 1. The molecule has 2 aliphatic rings. The number of hydrogen-bond acceptors (Lipinski definition) is 4. The third kappa shape index (κ3) is 2.69. The Kier molecular flexibility index (Phi) is 4.01. The van der Waals surface area contributed by atoms with E-state index in [1.165, 1.54) is 5.47 Å². The summed E-state index contributed by atoms with van der Waals surface area (Å²) in [4.78, 5) is 0. The zero-order valence-corrected chi connectivity index (χ0v) is 13.1. The minimum Gasteiger partial charge on any atom is -0.399 e. The number of rotatable bonds is 4. The van der Waals surface area contributed by atoms with Crippen LogP contribution < -0.4 is 5.43 Å². The molecular weight excluding hydrogens is 239 g/mol. The smallest absolute Gasteiger partial charge is 0.399 e. The van der Waals surface area contributed by atoms with Gasteiger partial charge in [-0.1, -0.05) is 13.8 Å². The van der Waals surface area contributed by atoms with Crippen molar-refractivity contribution in [3.05, 3.63) is 11.7 Å². The van der Waals surface area contributed by atoms with Gasteiger partial charge in [0.05, 0.1) is 11.2 Å². The molecule has 1 fully saturated rings. The van der Waals surface area contributed by atoms with Crippen molar-refractivity contribution in [2.45, 2.75) is 71.6 Å². The van der Waals surface area contributed by atoms with E-state index in [4.69, 9.17) is 9.31 Å². The fourth-order valence-corrected chi connectivity index (χ4v) is 2.51. The minimum atomic E-state index is -0.263. The van der Waals surface area contributed by atoms with E-state index in [9.17, 15) is 0 Å². The predicted octanol–water partition coefficient (Wildman–Crippen LogP) is 2.51. The zero-order valence-electron chi connectivity index (χ0n) is 13.1. The molecule has 2 heterocycles. The van der Waals surface area contributed by atoms with Crippen LogP contribution >= 0.6 is 0 Å². The van der Waals surface area contributed by atoms with Crippen molar-refractivity contribution in [1.82, 2.24) is 10.4 Å². The molecule has 0 aromatic carbocycles. The second kappa shape index (κ2) is 5.11. The maximum atomic E-state index is 6.09. The average molecular weight is 266 g/mol. The summed E-state index contributed by atoms with van der Waals surface area (Å²) >= 11 is 0. The minimum absolute atomic E-state index is 0.225. The van der Waals surface area contributed by atoms with Gasteiger partial charge in [-0.15, -0.1) is 0 Å². The molecule has 5 heteroatoms. The van der Waals surface area contributed by atoms with Crippen LogP contribution in [0.5, 0.6) is 0 Å². The summed E-state index contributed by atoms with van der Waals surface area (Å²) in [6.45, 7) is 13.6. The SMILES string of the molecule is CCC(CC)N1C=C(B2OC(C)(C)C(C)(C)O2)CN1. The van der Waals surface area contributed by atoms with Crippen LogP contribution in [0.1, 0.15) is 54.4 Å². The Bertz CT molecular complexity index is 348. The Labute approximate surface area is 117 Å². The van der Waals surface area contributed by atoms with Crippen molar-refractivity contribution in [3.63, 3.8) is 0 Å². The summed E-state index contributed by atoms with van der Waals surface area (Å²) in [5, 5.41) is 2.21. The van der Waals surface area contributed by atoms with Gasteiger partial charge in [-0.25, -0.2) is 5.43 Å². The molecule has 0 unspecified atom stereocenters. The summed E-state index contributed by atoms with van der Waals surface area (Å²) < 4.78 is 12.2. The van der Waals surface area contributed by atoms with Crippen molar-refractivity contribution < 1.29 is 9.31 Å². The zero-order chi connectivity index (χ0) is 14.3. The van der Waals surface area contributed by atoms with E-state index in [1.54, 1.807) is 0 Å². The topological polar surface area (TPSA) is 33.7 Å². The summed E-state index contributed by atoms with van der Waals surface area (Å²) in [5.74, 6) is 0. The van der Waals surface area contributed by atoms with Gasteiger partial charge in [0.1, 0.15) is 0 Å². The Balaban J connectivity index is 2.07. The molecule has 0 bridgehead atoms. The molecule has 1 N–H and O–H groups in total. The van der Waals surface area contributed by atoms with Gasteiger partial charge in [0.15, 0.2) is 0 Å².